The smallest absolute Gasteiger partial charge is 0.340 e. The Balaban J connectivity index is 1.66. The number of carbonyl (C=O) groups is 1. The van der Waals surface area contributed by atoms with Gasteiger partial charge in [0.2, 0.25) is 0 Å². The van der Waals surface area contributed by atoms with Crippen LogP contribution in [0.2, 0.25) is 0 Å². The Labute approximate surface area is 139 Å². The Hall–Kier alpha value is -1.35. The summed E-state index contributed by atoms with van der Waals surface area (Å²) >= 11 is 0. The molecule has 0 bridgehead atoms. The van der Waals surface area contributed by atoms with Gasteiger partial charge in [0.15, 0.2) is 6.23 Å². The van der Waals surface area contributed by atoms with E-state index in [1.54, 1.807) is 0 Å². The highest BCUT2D eigenvalue weighted by atomic mass is 16.6. The molecule has 0 radical (unpaired) electrons. The molecule has 1 atom stereocenters. The van der Waals surface area contributed by atoms with Gasteiger partial charge in [-0.15, -0.1) is 0 Å². The molecule has 3 aliphatic rings. The van der Waals surface area contributed by atoms with E-state index in [0.29, 0.717) is 12.1 Å². The van der Waals surface area contributed by atoms with Crippen LogP contribution in [0.5, 0.6) is 0 Å². The molecule has 0 N–H and O–H groups in total. The second-order valence-corrected chi connectivity index (χ2v) is 7.38. The van der Waals surface area contributed by atoms with Crippen LogP contribution in [0.3, 0.4) is 0 Å². The molecule has 1 aromatic carbocycles. The molecule has 3 heteroatoms. The number of fused-ring (bicyclic) bond motifs is 1. The fourth-order valence-corrected chi connectivity index (χ4v) is 4.79. The van der Waals surface area contributed by atoms with Crippen LogP contribution >= 0.6 is 0 Å². The first-order chi connectivity index (χ1) is 11.3. The molecule has 2 aliphatic carbocycles. The molecule has 1 heterocycles. The first-order valence-corrected chi connectivity index (χ1v) is 9.42. The molecule has 0 amide bonds. The quantitative estimate of drug-likeness (QED) is 0.749. The summed E-state index contributed by atoms with van der Waals surface area (Å²) in [5.41, 5.74) is 1.86. The number of nitrogens with zero attached hydrogens (tertiary/aromatic N) is 1. The standard InChI is InChI=1S/C20H27NO2/c22-20-18-14-8-7-13-17(18)19(23-20)21(15-9-3-1-4-10-15)16-11-5-2-6-12-16/h7-8,13-16,19H,1-6,9-12H2. The van der Waals surface area contributed by atoms with Crippen LogP contribution in [0.4, 0.5) is 0 Å². The summed E-state index contributed by atoms with van der Waals surface area (Å²) in [6, 6.07) is 9.13. The lowest BCUT2D eigenvalue weighted by atomic mass is 9.87. The molecule has 23 heavy (non-hydrogen) atoms. The van der Waals surface area contributed by atoms with Crippen molar-refractivity contribution in [3.05, 3.63) is 35.4 Å². The topological polar surface area (TPSA) is 29.5 Å². The average molecular weight is 313 g/mol. The van der Waals surface area contributed by atoms with Crippen molar-refractivity contribution in [1.82, 2.24) is 4.90 Å². The Morgan fingerprint density at radius 3 is 2.00 bits per heavy atom. The van der Waals surface area contributed by atoms with Gasteiger partial charge in [0.1, 0.15) is 0 Å². The lowest BCUT2D eigenvalue weighted by molar-refractivity contribution is -0.0779. The fraction of sp³-hybridized carbons (Fsp3) is 0.650. The highest BCUT2D eigenvalue weighted by molar-refractivity contribution is 5.93. The van der Waals surface area contributed by atoms with E-state index in [0.717, 1.165) is 11.1 Å². The van der Waals surface area contributed by atoms with Crippen molar-refractivity contribution in [3.8, 4) is 0 Å². The Morgan fingerprint density at radius 2 is 1.39 bits per heavy atom. The van der Waals surface area contributed by atoms with Crippen molar-refractivity contribution < 1.29 is 9.53 Å². The molecular weight excluding hydrogens is 286 g/mol. The summed E-state index contributed by atoms with van der Waals surface area (Å²) in [6.45, 7) is 0. The van der Waals surface area contributed by atoms with Crippen LogP contribution in [0.1, 0.15) is 86.4 Å². The van der Waals surface area contributed by atoms with Gasteiger partial charge in [0.25, 0.3) is 0 Å². The molecule has 2 fully saturated rings. The zero-order valence-electron chi connectivity index (χ0n) is 13.9. The van der Waals surface area contributed by atoms with Gasteiger partial charge >= 0.3 is 5.97 Å². The van der Waals surface area contributed by atoms with Crippen molar-refractivity contribution in [1.29, 1.82) is 0 Å². The lowest BCUT2D eigenvalue weighted by Gasteiger charge is -2.44. The van der Waals surface area contributed by atoms with E-state index in [4.69, 9.17) is 4.74 Å². The van der Waals surface area contributed by atoms with E-state index < -0.39 is 0 Å². The number of rotatable bonds is 3. The number of ether oxygens (including phenoxy) is 1. The summed E-state index contributed by atoms with van der Waals surface area (Å²) in [5, 5.41) is 0. The number of carbonyl (C=O) groups excluding carboxylic acids is 1. The number of benzene rings is 1. The second kappa shape index (κ2) is 6.64. The molecule has 0 spiro atoms. The van der Waals surface area contributed by atoms with Crippen LogP contribution in [-0.4, -0.2) is 23.0 Å². The van der Waals surface area contributed by atoms with E-state index >= 15 is 0 Å². The van der Waals surface area contributed by atoms with E-state index in [2.05, 4.69) is 11.0 Å². The van der Waals surface area contributed by atoms with Gasteiger partial charge in [0, 0.05) is 17.6 Å². The van der Waals surface area contributed by atoms with Gasteiger partial charge in [-0.25, -0.2) is 4.79 Å². The molecule has 2 saturated carbocycles. The minimum Gasteiger partial charge on any atom is -0.438 e. The normalized spacial score (nSPS) is 26.3. The molecule has 1 aromatic rings. The maximum Gasteiger partial charge on any atom is 0.340 e. The van der Waals surface area contributed by atoms with Crippen LogP contribution < -0.4 is 0 Å². The summed E-state index contributed by atoms with van der Waals surface area (Å²) in [4.78, 5) is 14.9. The SMILES string of the molecule is O=C1OC(N(C2CCCCC2)C2CCCCC2)c2ccccc21. The average Bonchev–Trinajstić information content (AvgIpc) is 2.94. The molecular formula is C20H27NO2. The molecule has 1 aliphatic heterocycles. The van der Waals surface area contributed by atoms with Gasteiger partial charge in [-0.05, 0) is 31.7 Å². The third-order valence-corrected chi connectivity index (χ3v) is 5.93. The largest absolute Gasteiger partial charge is 0.438 e. The molecule has 0 aromatic heterocycles. The first-order valence-electron chi connectivity index (χ1n) is 9.42. The number of hydrogen-bond donors (Lipinski definition) is 0. The Morgan fingerprint density at radius 1 is 0.826 bits per heavy atom. The van der Waals surface area contributed by atoms with Crippen LogP contribution in [0.25, 0.3) is 0 Å². The first kappa shape index (κ1) is 15.2. The molecule has 0 saturated heterocycles. The molecule has 124 valence electrons. The molecule has 3 nitrogen and oxygen atoms in total. The van der Waals surface area contributed by atoms with Crippen molar-refractivity contribution in [3.63, 3.8) is 0 Å². The zero-order chi connectivity index (χ0) is 15.6. The van der Waals surface area contributed by atoms with Crippen LogP contribution in [-0.2, 0) is 4.74 Å². The van der Waals surface area contributed by atoms with Crippen molar-refractivity contribution in [2.24, 2.45) is 0 Å². The van der Waals surface area contributed by atoms with Gasteiger partial charge < -0.3 is 4.74 Å². The van der Waals surface area contributed by atoms with Crippen molar-refractivity contribution in [2.75, 3.05) is 0 Å². The molecule has 1 unspecified atom stereocenters. The number of cyclic esters (lactones) is 1. The minimum atomic E-state index is -0.148. The third-order valence-electron chi connectivity index (χ3n) is 5.93. The fourth-order valence-electron chi connectivity index (χ4n) is 4.79. The minimum absolute atomic E-state index is 0.137. The maximum atomic E-state index is 12.3. The highest BCUT2D eigenvalue weighted by Gasteiger charge is 2.41. The van der Waals surface area contributed by atoms with Gasteiger partial charge in [0.05, 0.1) is 5.56 Å². The van der Waals surface area contributed by atoms with E-state index in [-0.39, 0.29) is 12.2 Å². The van der Waals surface area contributed by atoms with E-state index in [9.17, 15) is 4.79 Å². The Bertz CT molecular complexity index is 541. The van der Waals surface area contributed by atoms with Crippen LogP contribution in [0, 0.1) is 0 Å². The van der Waals surface area contributed by atoms with Gasteiger partial charge in [-0.1, -0.05) is 56.7 Å². The van der Waals surface area contributed by atoms with Crippen LogP contribution in [0.15, 0.2) is 24.3 Å². The highest BCUT2D eigenvalue weighted by Crippen LogP contribution is 2.41. The van der Waals surface area contributed by atoms with Gasteiger partial charge in [-0.2, -0.15) is 0 Å². The lowest BCUT2D eigenvalue weighted by Crippen LogP contribution is -2.47. The summed E-state index contributed by atoms with van der Waals surface area (Å²) in [6.07, 6.45) is 12.9. The number of hydrogen-bond acceptors (Lipinski definition) is 3. The predicted molar refractivity (Wildman–Crippen MR) is 90.2 cm³/mol. The maximum absolute atomic E-state index is 12.3. The van der Waals surface area contributed by atoms with Gasteiger partial charge in [-0.3, -0.25) is 4.90 Å². The summed E-state index contributed by atoms with van der Waals surface area (Å²) in [5.74, 6) is -0.137. The second-order valence-electron chi connectivity index (χ2n) is 7.38. The monoisotopic (exact) mass is 313 g/mol. The third kappa shape index (κ3) is 2.91. The van der Waals surface area contributed by atoms with Crippen molar-refractivity contribution in [2.45, 2.75) is 82.5 Å². The summed E-state index contributed by atoms with van der Waals surface area (Å²) < 4.78 is 5.89. The summed E-state index contributed by atoms with van der Waals surface area (Å²) in [7, 11) is 0. The van der Waals surface area contributed by atoms with E-state index in [1.807, 2.05) is 18.2 Å². The zero-order valence-corrected chi connectivity index (χ0v) is 13.9. The van der Waals surface area contributed by atoms with E-state index in [1.165, 1.54) is 64.2 Å². The number of esters is 1. The Kier molecular flexibility index (Phi) is 4.39. The van der Waals surface area contributed by atoms with Crippen molar-refractivity contribution >= 4 is 5.97 Å². The molecule has 4 rings (SSSR count). The predicted octanol–water partition coefficient (Wildman–Crippen LogP) is 4.82.